The molecule has 6 heteroatoms. The van der Waals surface area contributed by atoms with Crippen LogP contribution in [-0.4, -0.2) is 27.0 Å². The Bertz CT molecular complexity index is 685. The highest BCUT2D eigenvalue weighted by Gasteiger charge is 2.08. The second-order valence-electron chi connectivity index (χ2n) is 4.85. The summed E-state index contributed by atoms with van der Waals surface area (Å²) in [5.41, 5.74) is 0.863. The van der Waals surface area contributed by atoms with Crippen LogP contribution < -0.4 is 10.3 Å². The number of rotatable bonds is 7. The van der Waals surface area contributed by atoms with Gasteiger partial charge in [0.05, 0.1) is 12.7 Å². The van der Waals surface area contributed by atoms with Crippen molar-refractivity contribution in [1.29, 1.82) is 0 Å². The zero-order chi connectivity index (χ0) is 15.9. The van der Waals surface area contributed by atoms with Gasteiger partial charge in [-0.1, -0.05) is 36.9 Å². The Labute approximate surface area is 134 Å². The first-order valence-electron chi connectivity index (χ1n) is 7.24. The van der Waals surface area contributed by atoms with Crippen molar-refractivity contribution in [3.05, 3.63) is 46.2 Å². The molecule has 1 aromatic heterocycles. The smallest absolute Gasteiger partial charge is 0.257 e. The summed E-state index contributed by atoms with van der Waals surface area (Å²) in [6.07, 6.45) is 0.833. The molecular weight excluding hydrogens is 300 g/mol. The van der Waals surface area contributed by atoms with E-state index in [1.54, 1.807) is 4.57 Å². The van der Waals surface area contributed by atoms with Crippen LogP contribution in [-0.2, 0) is 6.54 Å². The van der Waals surface area contributed by atoms with Crippen LogP contribution in [0.1, 0.15) is 18.9 Å². The molecule has 0 unspecified atom stereocenters. The van der Waals surface area contributed by atoms with Gasteiger partial charge >= 0.3 is 0 Å². The average molecular weight is 320 g/mol. The number of aromatic hydroxyl groups is 1. The maximum absolute atomic E-state index is 11.9. The van der Waals surface area contributed by atoms with Crippen LogP contribution in [0.15, 0.2) is 40.3 Å². The first-order valence-corrected chi connectivity index (χ1v) is 8.22. The molecule has 2 rings (SSSR count). The Morgan fingerprint density at radius 3 is 2.86 bits per heavy atom. The van der Waals surface area contributed by atoms with Gasteiger partial charge in [0.25, 0.3) is 5.56 Å². The van der Waals surface area contributed by atoms with Gasteiger partial charge < -0.3 is 9.84 Å². The average Bonchev–Trinajstić information content (AvgIpc) is 2.48. The van der Waals surface area contributed by atoms with E-state index < -0.39 is 0 Å². The standard InChI is InChI=1S/C16H20N2O3S/c1-3-8-18-15(20)11-14(19)17-16(18)22-10-9-21-13-7-5-4-6-12(13)2/h4-7,11,19H,3,8-10H2,1-2H3. The number of nitrogens with zero attached hydrogens (tertiary/aromatic N) is 2. The lowest BCUT2D eigenvalue weighted by Gasteiger charge is -2.11. The van der Waals surface area contributed by atoms with Gasteiger partial charge in [0, 0.05) is 12.3 Å². The van der Waals surface area contributed by atoms with Crippen LogP contribution in [0.4, 0.5) is 0 Å². The fraction of sp³-hybridized carbons (Fsp3) is 0.375. The third-order valence-electron chi connectivity index (χ3n) is 3.07. The molecule has 0 spiro atoms. The maximum Gasteiger partial charge on any atom is 0.257 e. The molecule has 0 saturated heterocycles. The van der Waals surface area contributed by atoms with E-state index in [2.05, 4.69) is 4.98 Å². The van der Waals surface area contributed by atoms with Crippen LogP contribution in [0, 0.1) is 6.92 Å². The van der Waals surface area contributed by atoms with Gasteiger partial charge in [-0.15, -0.1) is 0 Å². The molecule has 0 saturated carbocycles. The summed E-state index contributed by atoms with van der Waals surface area (Å²) < 4.78 is 7.30. The van der Waals surface area contributed by atoms with Gasteiger partial charge in [-0.2, -0.15) is 4.98 Å². The Morgan fingerprint density at radius 1 is 1.36 bits per heavy atom. The molecule has 0 amide bonds. The lowest BCUT2D eigenvalue weighted by Crippen LogP contribution is -2.22. The quantitative estimate of drug-likeness (QED) is 0.483. The number of aryl methyl sites for hydroxylation is 1. The van der Waals surface area contributed by atoms with Gasteiger partial charge in [-0.05, 0) is 25.0 Å². The van der Waals surface area contributed by atoms with E-state index in [1.807, 2.05) is 38.1 Å². The van der Waals surface area contributed by atoms with Crippen molar-refractivity contribution in [1.82, 2.24) is 9.55 Å². The summed E-state index contributed by atoms with van der Waals surface area (Å²) in [7, 11) is 0. The van der Waals surface area contributed by atoms with Crippen LogP contribution in [0.5, 0.6) is 11.6 Å². The molecule has 0 bridgehead atoms. The number of ether oxygens (including phenoxy) is 1. The van der Waals surface area contributed by atoms with E-state index in [9.17, 15) is 9.90 Å². The molecule has 0 radical (unpaired) electrons. The van der Waals surface area contributed by atoms with Crippen molar-refractivity contribution < 1.29 is 9.84 Å². The predicted molar refractivity (Wildman–Crippen MR) is 87.9 cm³/mol. The molecule has 118 valence electrons. The van der Waals surface area contributed by atoms with Crippen molar-refractivity contribution in [3.63, 3.8) is 0 Å². The minimum atomic E-state index is -0.236. The van der Waals surface area contributed by atoms with Crippen molar-refractivity contribution >= 4 is 11.8 Å². The van der Waals surface area contributed by atoms with E-state index in [1.165, 1.54) is 11.8 Å². The molecule has 1 aromatic carbocycles. The fourth-order valence-corrected chi connectivity index (χ4v) is 2.86. The Balaban J connectivity index is 1.97. The van der Waals surface area contributed by atoms with Crippen molar-refractivity contribution in [2.24, 2.45) is 0 Å². The fourth-order valence-electron chi connectivity index (χ4n) is 2.02. The highest BCUT2D eigenvalue weighted by molar-refractivity contribution is 7.99. The number of hydrogen-bond donors (Lipinski definition) is 1. The minimum absolute atomic E-state index is 0.225. The first kappa shape index (κ1) is 16.4. The van der Waals surface area contributed by atoms with E-state index >= 15 is 0 Å². The summed E-state index contributed by atoms with van der Waals surface area (Å²) >= 11 is 1.41. The third-order valence-corrected chi connectivity index (χ3v) is 4.01. The predicted octanol–water partition coefficient (Wildman–Crippen LogP) is 2.84. The zero-order valence-electron chi connectivity index (χ0n) is 12.8. The zero-order valence-corrected chi connectivity index (χ0v) is 13.6. The summed E-state index contributed by atoms with van der Waals surface area (Å²) in [6, 6.07) is 8.98. The maximum atomic E-state index is 11.9. The van der Waals surface area contributed by atoms with Crippen LogP contribution in [0.3, 0.4) is 0 Å². The molecule has 0 fully saturated rings. The van der Waals surface area contributed by atoms with E-state index in [0.29, 0.717) is 24.1 Å². The summed E-state index contributed by atoms with van der Waals surface area (Å²) in [5.74, 6) is 1.27. The SMILES string of the molecule is CCCn1c(SCCOc2ccccc2C)nc(O)cc1=O. The second-order valence-corrected chi connectivity index (χ2v) is 5.91. The van der Waals surface area contributed by atoms with Crippen LogP contribution in [0.25, 0.3) is 0 Å². The molecule has 0 aliphatic carbocycles. The minimum Gasteiger partial charge on any atom is -0.493 e. The molecule has 0 atom stereocenters. The second kappa shape index (κ2) is 7.89. The van der Waals surface area contributed by atoms with Crippen LogP contribution >= 0.6 is 11.8 Å². The first-order chi connectivity index (χ1) is 10.6. The molecule has 22 heavy (non-hydrogen) atoms. The Morgan fingerprint density at radius 2 is 2.14 bits per heavy atom. The van der Waals surface area contributed by atoms with E-state index in [4.69, 9.17) is 4.74 Å². The van der Waals surface area contributed by atoms with Crippen molar-refractivity contribution in [2.45, 2.75) is 32.0 Å². The van der Waals surface area contributed by atoms with E-state index in [0.717, 1.165) is 23.8 Å². The molecule has 1 N–H and O–H groups in total. The monoisotopic (exact) mass is 320 g/mol. The highest BCUT2D eigenvalue weighted by atomic mass is 32.2. The molecule has 1 heterocycles. The summed E-state index contributed by atoms with van der Waals surface area (Å²) in [5, 5.41) is 10.0. The topological polar surface area (TPSA) is 64.3 Å². The van der Waals surface area contributed by atoms with Crippen molar-refractivity contribution in [3.8, 4) is 11.6 Å². The van der Waals surface area contributed by atoms with Crippen molar-refractivity contribution in [2.75, 3.05) is 12.4 Å². The Kier molecular flexibility index (Phi) is 5.89. The molecule has 5 nitrogen and oxygen atoms in total. The third kappa shape index (κ3) is 4.27. The highest BCUT2D eigenvalue weighted by Crippen LogP contribution is 2.19. The number of thioether (sulfide) groups is 1. The van der Waals surface area contributed by atoms with Crippen LogP contribution in [0.2, 0.25) is 0 Å². The molecule has 2 aromatic rings. The number of aromatic nitrogens is 2. The summed E-state index contributed by atoms with van der Waals surface area (Å²) in [6.45, 7) is 5.09. The lowest BCUT2D eigenvalue weighted by atomic mass is 10.2. The van der Waals surface area contributed by atoms with Gasteiger partial charge in [-0.25, -0.2) is 0 Å². The van der Waals surface area contributed by atoms with Gasteiger partial charge in [0.1, 0.15) is 5.75 Å². The van der Waals surface area contributed by atoms with Gasteiger partial charge in [0.2, 0.25) is 5.88 Å². The Hall–Kier alpha value is -1.95. The number of hydrogen-bond acceptors (Lipinski definition) is 5. The summed E-state index contributed by atoms with van der Waals surface area (Å²) in [4.78, 5) is 15.9. The van der Waals surface area contributed by atoms with Gasteiger partial charge in [-0.3, -0.25) is 9.36 Å². The van der Waals surface area contributed by atoms with Gasteiger partial charge in [0.15, 0.2) is 5.16 Å². The largest absolute Gasteiger partial charge is 0.493 e. The molecular formula is C16H20N2O3S. The molecule has 0 aliphatic heterocycles. The number of benzene rings is 1. The molecule has 0 aliphatic rings. The normalized spacial score (nSPS) is 10.6. The number of para-hydroxylation sites is 1. The lowest BCUT2D eigenvalue weighted by molar-refractivity contribution is 0.341. The van der Waals surface area contributed by atoms with E-state index in [-0.39, 0.29) is 11.4 Å².